The van der Waals surface area contributed by atoms with Crippen LogP contribution in [-0.2, 0) is 0 Å². The minimum absolute atomic E-state index is 0.416. The molecule has 1 N–H and O–H groups in total. The van der Waals surface area contributed by atoms with Gasteiger partial charge in [0, 0.05) is 11.8 Å². The second kappa shape index (κ2) is 5.73. The number of H-pyrrole nitrogens is 1. The number of hydrogen-bond donors (Lipinski definition) is 1. The number of nitrogens with one attached hydrogen (secondary N) is 1. The number of hydrogen-bond acceptors (Lipinski definition) is 2. The summed E-state index contributed by atoms with van der Waals surface area (Å²) in [5, 5.41) is 7.03. The topological polar surface area (TPSA) is 41.6 Å². The summed E-state index contributed by atoms with van der Waals surface area (Å²) in [6, 6.07) is 0. The largest absolute Gasteiger partial charge is 0.263 e. The van der Waals surface area contributed by atoms with Crippen molar-refractivity contribution in [3.05, 3.63) is 11.6 Å². The summed E-state index contributed by atoms with van der Waals surface area (Å²) < 4.78 is 0. The molecule has 0 amide bonds. The molecule has 13 heavy (non-hydrogen) atoms. The molecule has 3 nitrogen and oxygen atoms in total. The van der Waals surface area contributed by atoms with Gasteiger partial charge in [-0.3, -0.25) is 5.10 Å². The van der Waals surface area contributed by atoms with Crippen molar-refractivity contribution in [3.8, 4) is 0 Å². The van der Waals surface area contributed by atoms with Gasteiger partial charge in [-0.05, 0) is 0 Å². The third kappa shape index (κ3) is 3.57. The van der Waals surface area contributed by atoms with E-state index in [1.807, 2.05) is 13.8 Å². The van der Waals surface area contributed by atoms with Gasteiger partial charge >= 0.3 is 0 Å². The molecule has 0 atom stereocenters. The molecule has 1 rings (SSSR count). The van der Waals surface area contributed by atoms with E-state index < -0.39 is 0 Å². The van der Waals surface area contributed by atoms with Crippen LogP contribution in [0.4, 0.5) is 0 Å². The van der Waals surface area contributed by atoms with Gasteiger partial charge in [0.25, 0.3) is 0 Å². The highest BCUT2D eigenvalue weighted by molar-refractivity contribution is 4.97. The lowest BCUT2D eigenvalue weighted by Gasteiger charge is -1.96. The predicted octanol–water partition coefficient (Wildman–Crippen LogP) is 3.08. The van der Waals surface area contributed by atoms with E-state index in [1.165, 1.54) is 0 Å². The smallest absolute Gasteiger partial charge is 0.153 e. The maximum atomic E-state index is 4.34. The average Bonchev–Trinajstić information content (AvgIpc) is 2.56. The van der Waals surface area contributed by atoms with E-state index >= 15 is 0 Å². The van der Waals surface area contributed by atoms with Crippen LogP contribution < -0.4 is 0 Å². The lowest BCUT2D eigenvalue weighted by Crippen LogP contribution is -1.92. The first-order valence-corrected chi connectivity index (χ1v) is 5.03. The summed E-state index contributed by atoms with van der Waals surface area (Å²) in [5.74, 6) is 2.75. The third-order valence-corrected chi connectivity index (χ3v) is 1.58. The second-order valence-electron chi connectivity index (χ2n) is 3.39. The molecule has 0 aliphatic rings. The monoisotopic (exact) mass is 183 g/mol. The van der Waals surface area contributed by atoms with Gasteiger partial charge in [0.2, 0.25) is 0 Å². The van der Waals surface area contributed by atoms with Gasteiger partial charge in [-0.15, -0.1) is 0 Å². The zero-order valence-electron chi connectivity index (χ0n) is 9.55. The van der Waals surface area contributed by atoms with E-state index in [0.717, 1.165) is 11.6 Å². The van der Waals surface area contributed by atoms with Gasteiger partial charge < -0.3 is 0 Å². The van der Waals surface area contributed by atoms with E-state index in [-0.39, 0.29) is 0 Å². The van der Waals surface area contributed by atoms with Crippen LogP contribution in [0.15, 0.2) is 0 Å². The minimum Gasteiger partial charge on any atom is -0.263 e. The quantitative estimate of drug-likeness (QED) is 0.765. The third-order valence-electron chi connectivity index (χ3n) is 1.58. The fourth-order valence-electron chi connectivity index (χ4n) is 0.804. The molecule has 0 unspecified atom stereocenters. The molecule has 0 saturated heterocycles. The average molecular weight is 183 g/mol. The molecule has 0 aliphatic heterocycles. The lowest BCUT2D eigenvalue weighted by atomic mass is 10.2. The molecule has 1 aromatic heterocycles. The van der Waals surface area contributed by atoms with Crippen LogP contribution in [0, 0.1) is 0 Å². The van der Waals surface area contributed by atoms with Gasteiger partial charge in [-0.2, -0.15) is 5.10 Å². The Hall–Kier alpha value is -0.860. The number of aromatic nitrogens is 3. The highest BCUT2D eigenvalue weighted by Crippen LogP contribution is 2.12. The van der Waals surface area contributed by atoms with Gasteiger partial charge in [0.15, 0.2) is 5.82 Å². The van der Waals surface area contributed by atoms with Crippen LogP contribution >= 0.6 is 0 Å². The zero-order valence-corrected chi connectivity index (χ0v) is 9.55. The zero-order chi connectivity index (χ0) is 10.4. The lowest BCUT2D eigenvalue weighted by molar-refractivity contribution is 0.770. The maximum absolute atomic E-state index is 4.34. The van der Waals surface area contributed by atoms with Crippen molar-refractivity contribution in [2.24, 2.45) is 0 Å². The summed E-state index contributed by atoms with van der Waals surface area (Å²) in [5.41, 5.74) is 0. The SMILES string of the molecule is CC.CC(C)c1n[nH]c(C(C)C)n1. The van der Waals surface area contributed by atoms with E-state index in [4.69, 9.17) is 0 Å². The van der Waals surface area contributed by atoms with E-state index in [1.54, 1.807) is 0 Å². The van der Waals surface area contributed by atoms with Crippen LogP contribution in [0.5, 0.6) is 0 Å². The highest BCUT2D eigenvalue weighted by atomic mass is 15.2. The Morgan fingerprint density at radius 1 is 1.00 bits per heavy atom. The summed E-state index contributed by atoms with van der Waals surface area (Å²) in [6.07, 6.45) is 0. The van der Waals surface area contributed by atoms with Crippen molar-refractivity contribution in [1.82, 2.24) is 15.2 Å². The molecular formula is C10H21N3. The number of aromatic amines is 1. The van der Waals surface area contributed by atoms with Crippen LogP contribution in [0.3, 0.4) is 0 Å². The maximum Gasteiger partial charge on any atom is 0.153 e. The molecule has 76 valence electrons. The Labute approximate surface area is 81.0 Å². The molecule has 0 saturated carbocycles. The number of nitrogens with zero attached hydrogens (tertiary/aromatic N) is 2. The van der Waals surface area contributed by atoms with Crippen molar-refractivity contribution in [2.45, 2.75) is 53.4 Å². The van der Waals surface area contributed by atoms with Crippen LogP contribution in [0.1, 0.15) is 65.0 Å². The molecule has 0 aliphatic carbocycles. The predicted molar refractivity (Wildman–Crippen MR) is 55.9 cm³/mol. The minimum atomic E-state index is 0.416. The van der Waals surface area contributed by atoms with Crippen LogP contribution in [0.2, 0.25) is 0 Å². The Morgan fingerprint density at radius 3 is 1.77 bits per heavy atom. The van der Waals surface area contributed by atoms with E-state index in [9.17, 15) is 0 Å². The molecule has 1 heterocycles. The Morgan fingerprint density at radius 2 is 1.54 bits per heavy atom. The van der Waals surface area contributed by atoms with Crippen molar-refractivity contribution >= 4 is 0 Å². The van der Waals surface area contributed by atoms with Crippen LogP contribution in [0.25, 0.3) is 0 Å². The number of rotatable bonds is 2. The van der Waals surface area contributed by atoms with Crippen LogP contribution in [-0.4, -0.2) is 15.2 Å². The Kier molecular flexibility index (Phi) is 5.35. The summed E-state index contributed by atoms with van der Waals surface area (Å²) in [4.78, 5) is 4.34. The fraction of sp³-hybridized carbons (Fsp3) is 0.800. The molecule has 0 spiro atoms. The summed E-state index contributed by atoms with van der Waals surface area (Å²) in [6.45, 7) is 12.4. The first-order chi connectivity index (χ1) is 6.11. The van der Waals surface area contributed by atoms with Crippen molar-refractivity contribution in [3.63, 3.8) is 0 Å². The molecule has 3 heteroatoms. The Balaban J connectivity index is 0.000000671. The molecular weight excluding hydrogens is 162 g/mol. The van der Waals surface area contributed by atoms with Crippen molar-refractivity contribution < 1.29 is 0 Å². The fourth-order valence-corrected chi connectivity index (χ4v) is 0.804. The second-order valence-corrected chi connectivity index (χ2v) is 3.39. The molecule has 0 radical (unpaired) electrons. The van der Waals surface area contributed by atoms with Gasteiger partial charge in [-0.25, -0.2) is 4.98 Å². The van der Waals surface area contributed by atoms with E-state index in [2.05, 4.69) is 42.9 Å². The summed E-state index contributed by atoms with van der Waals surface area (Å²) in [7, 11) is 0. The van der Waals surface area contributed by atoms with Gasteiger partial charge in [0.1, 0.15) is 5.82 Å². The van der Waals surface area contributed by atoms with Crippen molar-refractivity contribution in [2.75, 3.05) is 0 Å². The molecule has 1 aromatic rings. The molecule has 0 aromatic carbocycles. The molecule has 0 bridgehead atoms. The summed E-state index contributed by atoms with van der Waals surface area (Å²) >= 11 is 0. The van der Waals surface area contributed by atoms with Crippen molar-refractivity contribution in [1.29, 1.82) is 0 Å². The molecule has 0 fully saturated rings. The van der Waals surface area contributed by atoms with Gasteiger partial charge in [0.05, 0.1) is 0 Å². The van der Waals surface area contributed by atoms with E-state index in [0.29, 0.717) is 11.8 Å². The highest BCUT2D eigenvalue weighted by Gasteiger charge is 2.08. The first kappa shape index (κ1) is 12.1. The normalized spacial score (nSPS) is 10.2. The van der Waals surface area contributed by atoms with Gasteiger partial charge in [-0.1, -0.05) is 41.5 Å². The standard InChI is InChI=1S/C8H15N3.C2H6/c1-5(2)7-9-8(6(3)4)11-10-7;1-2/h5-6H,1-4H3,(H,9,10,11);1-2H3. The Bertz CT molecular complexity index is 203. The first-order valence-electron chi connectivity index (χ1n) is 5.03.